The van der Waals surface area contributed by atoms with Crippen LogP contribution in [0.15, 0.2) is 64.0 Å². The van der Waals surface area contributed by atoms with Crippen LogP contribution in [0.25, 0.3) is 22.1 Å². The van der Waals surface area contributed by atoms with E-state index >= 15 is 0 Å². The van der Waals surface area contributed by atoms with Crippen LogP contribution >= 0.6 is 11.6 Å². The van der Waals surface area contributed by atoms with Crippen molar-refractivity contribution in [3.63, 3.8) is 0 Å². The van der Waals surface area contributed by atoms with Crippen LogP contribution in [-0.2, 0) is 0 Å². The van der Waals surface area contributed by atoms with Gasteiger partial charge in [0.2, 0.25) is 5.55 Å². The van der Waals surface area contributed by atoms with E-state index in [9.17, 15) is 0 Å². The summed E-state index contributed by atoms with van der Waals surface area (Å²) in [5, 5.41) is 2.77. The van der Waals surface area contributed by atoms with Crippen molar-refractivity contribution in [3.8, 4) is 11.3 Å². The average molecular weight is 312 g/mol. The fraction of sp³-hybridized carbons (Fsp3) is 0.211. The average Bonchev–Trinajstić information content (AvgIpc) is 2.46. The van der Waals surface area contributed by atoms with Crippen molar-refractivity contribution in [2.24, 2.45) is 4.99 Å². The minimum absolute atomic E-state index is 0.217. The molecule has 1 aromatic heterocycles. The Morgan fingerprint density at radius 3 is 2.36 bits per heavy atom. The van der Waals surface area contributed by atoms with E-state index in [1.165, 1.54) is 0 Å². The predicted octanol–water partition coefficient (Wildman–Crippen LogP) is 5.45. The number of nitrogens with zero attached hydrogens (tertiary/aromatic N) is 1. The van der Waals surface area contributed by atoms with Crippen molar-refractivity contribution >= 4 is 22.4 Å². The van der Waals surface area contributed by atoms with E-state index in [0.717, 1.165) is 22.1 Å². The van der Waals surface area contributed by atoms with Gasteiger partial charge in [0.25, 0.3) is 0 Å². The molecule has 0 aliphatic heterocycles. The Bertz CT molecular complexity index is 888. The van der Waals surface area contributed by atoms with Crippen molar-refractivity contribution in [2.45, 2.75) is 26.3 Å². The molecule has 0 saturated carbocycles. The van der Waals surface area contributed by atoms with Gasteiger partial charge in [-0.2, -0.15) is 0 Å². The fourth-order valence-corrected chi connectivity index (χ4v) is 2.56. The van der Waals surface area contributed by atoms with Crippen LogP contribution in [0.3, 0.4) is 0 Å². The molecular formula is C19H18ClNO. The van der Waals surface area contributed by atoms with Crippen LogP contribution in [0.4, 0.5) is 0 Å². The second-order valence-electron chi connectivity index (χ2n) is 6.27. The maximum Gasteiger partial charge on any atom is 0.223 e. The quantitative estimate of drug-likeness (QED) is 0.586. The molecule has 22 heavy (non-hydrogen) atoms. The zero-order chi connectivity index (χ0) is 15.7. The Hall–Kier alpha value is -2.06. The minimum atomic E-state index is -0.217. The van der Waals surface area contributed by atoms with E-state index in [1.807, 2.05) is 48.5 Å². The first-order valence-corrected chi connectivity index (χ1v) is 7.65. The van der Waals surface area contributed by atoms with Crippen LogP contribution in [0.2, 0.25) is 5.02 Å². The highest BCUT2D eigenvalue weighted by Gasteiger charge is 2.11. The molecule has 3 heteroatoms. The molecule has 0 amide bonds. The molecule has 112 valence electrons. The summed E-state index contributed by atoms with van der Waals surface area (Å²) >= 11 is 6.30. The van der Waals surface area contributed by atoms with Gasteiger partial charge in [0.05, 0.1) is 10.6 Å². The predicted molar refractivity (Wildman–Crippen MR) is 92.0 cm³/mol. The molecule has 0 radical (unpaired) electrons. The normalized spacial score (nSPS) is 12.8. The first kappa shape index (κ1) is 14.9. The highest BCUT2D eigenvalue weighted by Crippen LogP contribution is 2.28. The number of benzene rings is 2. The molecule has 0 unspecified atom stereocenters. The third-order valence-corrected chi connectivity index (χ3v) is 3.59. The van der Waals surface area contributed by atoms with Crippen LogP contribution in [-0.4, -0.2) is 5.54 Å². The van der Waals surface area contributed by atoms with E-state index in [2.05, 4.69) is 26.8 Å². The molecule has 0 saturated heterocycles. The Kier molecular flexibility index (Phi) is 3.79. The summed E-state index contributed by atoms with van der Waals surface area (Å²) in [5.41, 5.74) is 1.30. The Morgan fingerprint density at radius 1 is 0.955 bits per heavy atom. The lowest BCUT2D eigenvalue weighted by atomic mass is 10.1. The van der Waals surface area contributed by atoms with Gasteiger partial charge < -0.3 is 4.42 Å². The lowest BCUT2D eigenvalue weighted by Crippen LogP contribution is -2.17. The van der Waals surface area contributed by atoms with Crippen molar-refractivity contribution in [2.75, 3.05) is 0 Å². The third-order valence-electron chi connectivity index (χ3n) is 3.26. The molecule has 0 aliphatic rings. The van der Waals surface area contributed by atoms with Gasteiger partial charge in [-0.05, 0) is 50.4 Å². The Morgan fingerprint density at radius 2 is 1.64 bits per heavy atom. The molecule has 1 heterocycles. The summed E-state index contributed by atoms with van der Waals surface area (Å²) in [5.74, 6) is 0.729. The van der Waals surface area contributed by atoms with Gasteiger partial charge >= 0.3 is 0 Å². The van der Waals surface area contributed by atoms with Gasteiger partial charge in [-0.25, -0.2) is 4.99 Å². The molecule has 0 bridgehead atoms. The largest absolute Gasteiger partial charge is 0.438 e. The first-order chi connectivity index (χ1) is 10.4. The highest BCUT2D eigenvalue weighted by molar-refractivity contribution is 6.33. The third kappa shape index (κ3) is 3.07. The van der Waals surface area contributed by atoms with Crippen LogP contribution < -0.4 is 5.55 Å². The number of fused-ring (bicyclic) bond motifs is 1. The van der Waals surface area contributed by atoms with Gasteiger partial charge in [-0.1, -0.05) is 41.9 Å². The molecule has 0 spiro atoms. The monoisotopic (exact) mass is 311 g/mol. The number of halogens is 1. The molecule has 0 N–H and O–H groups in total. The van der Waals surface area contributed by atoms with E-state index in [-0.39, 0.29) is 5.54 Å². The molecular weight excluding hydrogens is 294 g/mol. The number of rotatable bonds is 1. The van der Waals surface area contributed by atoms with Gasteiger partial charge in [0.15, 0.2) is 0 Å². The van der Waals surface area contributed by atoms with Crippen molar-refractivity contribution in [1.29, 1.82) is 0 Å². The van der Waals surface area contributed by atoms with E-state index in [4.69, 9.17) is 21.0 Å². The lowest BCUT2D eigenvalue weighted by molar-refractivity contribution is 0.466. The van der Waals surface area contributed by atoms with Gasteiger partial charge in [0.1, 0.15) is 5.76 Å². The second kappa shape index (κ2) is 5.62. The summed E-state index contributed by atoms with van der Waals surface area (Å²) in [7, 11) is 0. The van der Waals surface area contributed by atoms with Crippen LogP contribution in [0, 0.1) is 0 Å². The zero-order valence-electron chi connectivity index (χ0n) is 12.9. The smallest absolute Gasteiger partial charge is 0.223 e. The lowest BCUT2D eigenvalue weighted by Gasteiger charge is -2.12. The second-order valence-corrected chi connectivity index (χ2v) is 6.67. The summed E-state index contributed by atoms with van der Waals surface area (Å²) in [4.78, 5) is 4.73. The summed E-state index contributed by atoms with van der Waals surface area (Å²) in [6, 6.07) is 17.8. The fourth-order valence-electron chi connectivity index (χ4n) is 2.33. The Balaban J connectivity index is 2.35. The van der Waals surface area contributed by atoms with Gasteiger partial charge in [0, 0.05) is 10.9 Å². The van der Waals surface area contributed by atoms with E-state index < -0.39 is 0 Å². The van der Waals surface area contributed by atoms with Crippen molar-refractivity contribution in [3.05, 3.63) is 65.2 Å². The van der Waals surface area contributed by atoms with Gasteiger partial charge in [-0.3, -0.25) is 0 Å². The van der Waals surface area contributed by atoms with Gasteiger partial charge in [-0.15, -0.1) is 0 Å². The summed E-state index contributed by atoms with van der Waals surface area (Å²) < 4.78 is 6.08. The highest BCUT2D eigenvalue weighted by atomic mass is 35.5. The SMILES string of the molecule is CC(C)(C)N=c1oc(-c2ccccc2Cl)cc2ccccc12. The maximum absolute atomic E-state index is 6.30. The topological polar surface area (TPSA) is 25.5 Å². The molecule has 0 fully saturated rings. The maximum atomic E-state index is 6.30. The molecule has 0 atom stereocenters. The molecule has 2 nitrogen and oxygen atoms in total. The summed E-state index contributed by atoms with van der Waals surface area (Å²) in [6.45, 7) is 6.17. The number of hydrogen-bond donors (Lipinski definition) is 0. The van der Waals surface area contributed by atoms with Crippen molar-refractivity contribution in [1.82, 2.24) is 0 Å². The first-order valence-electron chi connectivity index (χ1n) is 7.28. The van der Waals surface area contributed by atoms with E-state index in [0.29, 0.717) is 10.6 Å². The van der Waals surface area contributed by atoms with Crippen LogP contribution in [0.1, 0.15) is 20.8 Å². The molecule has 2 aromatic carbocycles. The zero-order valence-corrected chi connectivity index (χ0v) is 13.7. The Labute approximate surface area is 135 Å². The number of hydrogen-bond acceptors (Lipinski definition) is 2. The van der Waals surface area contributed by atoms with E-state index in [1.54, 1.807) is 0 Å². The van der Waals surface area contributed by atoms with Crippen molar-refractivity contribution < 1.29 is 4.42 Å². The molecule has 3 aromatic rings. The molecule has 3 rings (SSSR count). The summed E-state index contributed by atoms with van der Waals surface area (Å²) in [6.07, 6.45) is 0. The van der Waals surface area contributed by atoms with Crippen LogP contribution in [0.5, 0.6) is 0 Å². The minimum Gasteiger partial charge on any atom is -0.438 e. The standard InChI is InChI=1S/C19H18ClNO/c1-19(2,3)21-18-14-9-5-4-8-13(14)12-17(22-18)15-10-6-7-11-16(15)20/h4-12H,1-3H3. The molecule has 0 aliphatic carbocycles.